The Bertz CT molecular complexity index is 905. The zero-order valence-electron chi connectivity index (χ0n) is 15.7. The number of aromatic nitrogens is 4. The molecule has 1 aliphatic rings. The lowest BCUT2D eigenvalue weighted by Crippen LogP contribution is -2.38. The maximum absolute atomic E-state index is 13.3. The second-order valence-corrected chi connectivity index (χ2v) is 7.58. The summed E-state index contributed by atoms with van der Waals surface area (Å²) in [6.45, 7) is 6.88. The van der Waals surface area contributed by atoms with E-state index in [1.807, 2.05) is 13.0 Å². The average Bonchev–Trinajstić information content (AvgIpc) is 3.32. The summed E-state index contributed by atoms with van der Waals surface area (Å²) in [5.41, 5.74) is 1.72. The minimum Gasteiger partial charge on any atom is -0.379 e. The van der Waals surface area contributed by atoms with Crippen LogP contribution in [-0.4, -0.2) is 57.7 Å². The zero-order chi connectivity index (χ0) is 19.3. The van der Waals surface area contributed by atoms with Crippen molar-refractivity contribution in [3.8, 4) is 11.4 Å². The predicted molar refractivity (Wildman–Crippen MR) is 103 cm³/mol. The van der Waals surface area contributed by atoms with Crippen LogP contribution in [0, 0.1) is 12.7 Å². The summed E-state index contributed by atoms with van der Waals surface area (Å²) < 4.78 is 26.0. The third-order valence-electron chi connectivity index (χ3n) is 4.59. The lowest BCUT2D eigenvalue weighted by atomic mass is 10.2. The summed E-state index contributed by atoms with van der Waals surface area (Å²) in [7, 11) is 0. The molecule has 0 saturated carbocycles. The van der Waals surface area contributed by atoms with E-state index in [1.165, 1.54) is 12.1 Å². The van der Waals surface area contributed by atoms with Crippen molar-refractivity contribution in [3.63, 3.8) is 0 Å². The Morgan fingerprint density at radius 3 is 2.61 bits per heavy atom. The van der Waals surface area contributed by atoms with Crippen molar-refractivity contribution in [2.24, 2.45) is 0 Å². The lowest BCUT2D eigenvalue weighted by molar-refractivity contribution is 0.0361. The fraction of sp³-hybridized carbons (Fsp3) is 0.421. The van der Waals surface area contributed by atoms with Gasteiger partial charge < -0.3 is 13.8 Å². The number of morpholine rings is 1. The minimum absolute atomic E-state index is 0.265. The van der Waals surface area contributed by atoms with E-state index in [0.717, 1.165) is 67.4 Å². The highest BCUT2D eigenvalue weighted by molar-refractivity contribution is 7.98. The molecular formula is C19H22FN5O2S. The highest BCUT2D eigenvalue weighted by Crippen LogP contribution is 2.26. The third-order valence-corrected chi connectivity index (χ3v) is 5.59. The molecule has 0 atom stereocenters. The molecule has 9 heteroatoms. The van der Waals surface area contributed by atoms with E-state index < -0.39 is 0 Å². The Morgan fingerprint density at radius 1 is 1.11 bits per heavy atom. The predicted octanol–water partition coefficient (Wildman–Crippen LogP) is 3.01. The highest BCUT2D eigenvalue weighted by Gasteiger charge is 2.17. The van der Waals surface area contributed by atoms with E-state index in [1.54, 1.807) is 23.9 Å². The molecule has 7 nitrogen and oxygen atoms in total. The number of ether oxygens (including phenoxy) is 1. The van der Waals surface area contributed by atoms with Gasteiger partial charge in [0.25, 0.3) is 0 Å². The Balaban J connectivity index is 1.54. The number of hydrogen-bond acceptors (Lipinski definition) is 7. The van der Waals surface area contributed by atoms with Gasteiger partial charge in [-0.1, -0.05) is 16.9 Å². The van der Waals surface area contributed by atoms with Crippen molar-refractivity contribution in [1.29, 1.82) is 0 Å². The van der Waals surface area contributed by atoms with Gasteiger partial charge in [0.2, 0.25) is 0 Å². The highest BCUT2D eigenvalue weighted by atomic mass is 32.2. The van der Waals surface area contributed by atoms with Crippen LogP contribution in [-0.2, 0) is 17.0 Å². The molecule has 1 fully saturated rings. The molecule has 0 bridgehead atoms. The number of aryl methyl sites for hydroxylation is 1. The number of nitrogens with zero attached hydrogens (tertiary/aromatic N) is 5. The first-order valence-corrected chi connectivity index (χ1v) is 10.2. The molecule has 1 aromatic carbocycles. The maximum Gasteiger partial charge on any atom is 0.191 e. The smallest absolute Gasteiger partial charge is 0.191 e. The van der Waals surface area contributed by atoms with Gasteiger partial charge in [-0.15, -0.1) is 10.2 Å². The van der Waals surface area contributed by atoms with Gasteiger partial charge in [0, 0.05) is 43.6 Å². The van der Waals surface area contributed by atoms with Crippen LogP contribution in [0.15, 0.2) is 40.0 Å². The average molecular weight is 403 g/mol. The number of thioether (sulfide) groups is 1. The van der Waals surface area contributed by atoms with Gasteiger partial charge in [-0.05, 0) is 31.2 Å². The summed E-state index contributed by atoms with van der Waals surface area (Å²) in [6, 6.07) is 8.28. The summed E-state index contributed by atoms with van der Waals surface area (Å²) in [5.74, 6) is 1.92. The normalized spacial score (nSPS) is 15.2. The fourth-order valence-electron chi connectivity index (χ4n) is 3.10. The third kappa shape index (κ3) is 4.60. The van der Waals surface area contributed by atoms with Crippen LogP contribution in [0.3, 0.4) is 0 Å². The molecule has 1 saturated heterocycles. The first-order chi connectivity index (χ1) is 13.7. The second-order valence-electron chi connectivity index (χ2n) is 6.64. The second kappa shape index (κ2) is 8.85. The van der Waals surface area contributed by atoms with Crippen molar-refractivity contribution >= 4 is 11.8 Å². The molecule has 0 radical (unpaired) electrons. The van der Waals surface area contributed by atoms with Crippen LogP contribution in [0.25, 0.3) is 11.4 Å². The van der Waals surface area contributed by atoms with Gasteiger partial charge in [-0.3, -0.25) is 4.90 Å². The van der Waals surface area contributed by atoms with Crippen molar-refractivity contribution in [2.75, 3.05) is 32.8 Å². The number of hydrogen-bond donors (Lipinski definition) is 0. The fourth-order valence-corrected chi connectivity index (χ4v) is 3.95. The zero-order valence-corrected chi connectivity index (χ0v) is 16.5. The van der Waals surface area contributed by atoms with E-state index in [9.17, 15) is 4.39 Å². The van der Waals surface area contributed by atoms with E-state index in [2.05, 4.69) is 24.8 Å². The molecule has 1 aliphatic heterocycles. The Labute approximate surface area is 166 Å². The van der Waals surface area contributed by atoms with Crippen LogP contribution < -0.4 is 0 Å². The summed E-state index contributed by atoms with van der Waals surface area (Å²) in [5, 5.41) is 13.6. The van der Waals surface area contributed by atoms with E-state index in [4.69, 9.17) is 9.26 Å². The Kier molecular flexibility index (Phi) is 6.04. The number of rotatable bonds is 7. The molecule has 0 N–H and O–H groups in total. The Hall–Kier alpha value is -2.23. The van der Waals surface area contributed by atoms with Crippen LogP contribution in [0.2, 0.25) is 0 Å². The minimum atomic E-state index is -0.265. The van der Waals surface area contributed by atoms with Crippen molar-refractivity contribution in [3.05, 3.63) is 47.6 Å². The first kappa shape index (κ1) is 19.1. The van der Waals surface area contributed by atoms with Crippen LogP contribution in [0.4, 0.5) is 4.39 Å². The van der Waals surface area contributed by atoms with Gasteiger partial charge in [-0.25, -0.2) is 4.39 Å². The maximum atomic E-state index is 13.3. The van der Waals surface area contributed by atoms with Crippen LogP contribution in [0.1, 0.15) is 11.5 Å². The molecular weight excluding hydrogens is 381 g/mol. The SMILES string of the molecule is Cc1cc(CSc2nnc(-c3ccc(F)cc3)n2CCN2CCOCC2)no1. The van der Waals surface area contributed by atoms with Gasteiger partial charge in [0.15, 0.2) is 11.0 Å². The molecule has 28 heavy (non-hydrogen) atoms. The standard InChI is InChI=1S/C19H22FN5O2S/c1-14-12-17(23-27-14)13-28-19-22-21-18(15-2-4-16(20)5-3-15)25(19)7-6-24-8-10-26-11-9-24/h2-5,12H,6-11,13H2,1H3. The van der Waals surface area contributed by atoms with Crippen molar-refractivity contribution < 1.29 is 13.7 Å². The van der Waals surface area contributed by atoms with Gasteiger partial charge in [-0.2, -0.15) is 0 Å². The van der Waals surface area contributed by atoms with Gasteiger partial charge in [0.1, 0.15) is 11.6 Å². The largest absolute Gasteiger partial charge is 0.379 e. The molecule has 3 heterocycles. The molecule has 0 aliphatic carbocycles. The van der Waals surface area contributed by atoms with E-state index in [0.29, 0.717) is 5.75 Å². The molecule has 148 valence electrons. The van der Waals surface area contributed by atoms with Crippen molar-refractivity contribution in [2.45, 2.75) is 24.4 Å². The molecule has 2 aromatic heterocycles. The van der Waals surface area contributed by atoms with Crippen LogP contribution in [0.5, 0.6) is 0 Å². The lowest BCUT2D eigenvalue weighted by Gasteiger charge is -2.27. The molecule has 3 aromatic rings. The number of benzene rings is 1. The quantitative estimate of drug-likeness (QED) is 0.562. The summed E-state index contributed by atoms with van der Waals surface area (Å²) in [6.07, 6.45) is 0. The monoisotopic (exact) mass is 403 g/mol. The van der Waals surface area contributed by atoms with Crippen LogP contribution >= 0.6 is 11.8 Å². The molecule has 0 spiro atoms. The summed E-state index contributed by atoms with van der Waals surface area (Å²) >= 11 is 1.57. The summed E-state index contributed by atoms with van der Waals surface area (Å²) in [4.78, 5) is 2.37. The first-order valence-electron chi connectivity index (χ1n) is 9.23. The Morgan fingerprint density at radius 2 is 1.89 bits per heavy atom. The van der Waals surface area contributed by atoms with E-state index >= 15 is 0 Å². The van der Waals surface area contributed by atoms with Gasteiger partial charge in [0.05, 0.1) is 18.9 Å². The molecule has 0 unspecified atom stereocenters. The van der Waals surface area contributed by atoms with Crippen molar-refractivity contribution in [1.82, 2.24) is 24.8 Å². The van der Waals surface area contributed by atoms with Gasteiger partial charge >= 0.3 is 0 Å². The molecule has 0 amide bonds. The molecule has 4 rings (SSSR count). The topological polar surface area (TPSA) is 69.2 Å². The van der Waals surface area contributed by atoms with E-state index in [-0.39, 0.29) is 5.82 Å². The number of halogens is 1.